The number of H-pyrrole nitrogens is 1. The molecule has 3 rings (SSSR count). The van der Waals surface area contributed by atoms with E-state index in [-0.39, 0.29) is 11.8 Å². The number of amides is 2. The minimum absolute atomic E-state index is 0.218. The molecule has 1 unspecified atom stereocenters. The van der Waals surface area contributed by atoms with Crippen molar-refractivity contribution in [3.63, 3.8) is 0 Å². The van der Waals surface area contributed by atoms with E-state index in [1.807, 2.05) is 54.6 Å². The average Bonchev–Trinajstić information content (AvgIpc) is 3.06. The number of carbonyl (C=O) groups excluding carboxylic acids is 2. The Hall–Kier alpha value is -3.15. The Morgan fingerprint density at radius 1 is 1.08 bits per heavy atom. The van der Waals surface area contributed by atoms with Crippen molar-refractivity contribution in [3.05, 3.63) is 65.9 Å². The van der Waals surface area contributed by atoms with Gasteiger partial charge in [0.15, 0.2) is 5.69 Å². The van der Waals surface area contributed by atoms with Gasteiger partial charge in [0.05, 0.1) is 5.52 Å². The topological polar surface area (TPSA) is 86.9 Å². The fourth-order valence-corrected chi connectivity index (χ4v) is 2.59. The van der Waals surface area contributed by atoms with Crippen LogP contribution < -0.4 is 10.6 Å². The van der Waals surface area contributed by atoms with Crippen molar-refractivity contribution in [2.45, 2.75) is 19.4 Å². The average molecular weight is 336 g/mol. The van der Waals surface area contributed by atoms with Crippen molar-refractivity contribution in [3.8, 4) is 0 Å². The van der Waals surface area contributed by atoms with Gasteiger partial charge in [-0.1, -0.05) is 48.5 Å². The predicted octanol–water partition coefficient (Wildman–Crippen LogP) is 2.04. The molecule has 0 aliphatic rings. The van der Waals surface area contributed by atoms with E-state index in [9.17, 15) is 9.59 Å². The normalized spacial score (nSPS) is 11.9. The van der Waals surface area contributed by atoms with Crippen LogP contribution in [0.1, 0.15) is 23.0 Å². The quantitative estimate of drug-likeness (QED) is 0.644. The van der Waals surface area contributed by atoms with Gasteiger partial charge < -0.3 is 10.6 Å². The van der Waals surface area contributed by atoms with Crippen LogP contribution in [-0.4, -0.2) is 34.6 Å². The molecular formula is C19H20N4O2. The lowest BCUT2D eigenvalue weighted by Crippen LogP contribution is -2.45. The van der Waals surface area contributed by atoms with Gasteiger partial charge in [0.1, 0.15) is 6.04 Å². The molecule has 6 heteroatoms. The number of aromatic nitrogens is 2. The zero-order valence-electron chi connectivity index (χ0n) is 14.0. The van der Waals surface area contributed by atoms with Crippen molar-refractivity contribution >= 4 is 22.7 Å². The molecule has 3 aromatic rings. The first kappa shape index (κ1) is 16.7. The molecule has 0 bridgehead atoms. The zero-order chi connectivity index (χ0) is 17.6. The summed E-state index contributed by atoms with van der Waals surface area (Å²) < 4.78 is 0. The van der Waals surface area contributed by atoms with Gasteiger partial charge in [-0.05, 0) is 25.0 Å². The number of nitrogens with one attached hydrogen (secondary N) is 3. The number of fused-ring (bicyclic) bond motifs is 1. The summed E-state index contributed by atoms with van der Waals surface area (Å²) in [7, 11) is 0. The molecule has 128 valence electrons. The highest BCUT2D eigenvalue weighted by atomic mass is 16.2. The Labute approximate surface area is 145 Å². The lowest BCUT2D eigenvalue weighted by atomic mass is 10.1. The number of para-hydroxylation sites is 1. The second-order valence-electron chi connectivity index (χ2n) is 5.84. The Kier molecular flexibility index (Phi) is 5.09. The predicted molar refractivity (Wildman–Crippen MR) is 96.2 cm³/mol. The summed E-state index contributed by atoms with van der Waals surface area (Å²) in [5, 5.41) is 13.1. The maximum Gasteiger partial charge on any atom is 0.273 e. The lowest BCUT2D eigenvalue weighted by Gasteiger charge is -2.13. The number of hydrogen-bond donors (Lipinski definition) is 3. The first-order valence-electron chi connectivity index (χ1n) is 8.21. The third-order valence-corrected chi connectivity index (χ3v) is 3.98. The second-order valence-corrected chi connectivity index (χ2v) is 5.84. The molecule has 6 nitrogen and oxygen atoms in total. The SMILES string of the molecule is CC(NC(=O)c1n[nH]c2ccccc12)C(=O)NCCc1ccccc1. The van der Waals surface area contributed by atoms with Crippen LogP contribution in [0.15, 0.2) is 54.6 Å². The molecular weight excluding hydrogens is 316 g/mol. The zero-order valence-corrected chi connectivity index (χ0v) is 14.0. The molecule has 3 N–H and O–H groups in total. The van der Waals surface area contributed by atoms with Gasteiger partial charge in [-0.2, -0.15) is 5.10 Å². The highest BCUT2D eigenvalue weighted by Crippen LogP contribution is 2.14. The standard InChI is InChI=1S/C19H20N4O2/c1-13(18(24)20-12-11-14-7-3-2-4-8-14)21-19(25)17-15-9-5-6-10-16(15)22-23-17/h2-10,13H,11-12H2,1H3,(H,20,24)(H,21,25)(H,22,23). The summed E-state index contributed by atoms with van der Waals surface area (Å²) in [6.45, 7) is 2.18. The molecule has 1 heterocycles. The van der Waals surface area contributed by atoms with Crippen molar-refractivity contribution < 1.29 is 9.59 Å². The number of rotatable bonds is 6. The van der Waals surface area contributed by atoms with E-state index in [0.717, 1.165) is 22.9 Å². The summed E-state index contributed by atoms with van der Waals surface area (Å²) in [5.41, 5.74) is 2.23. The largest absolute Gasteiger partial charge is 0.354 e. The number of benzene rings is 2. The minimum atomic E-state index is -0.640. The Bertz CT molecular complexity index is 873. The third kappa shape index (κ3) is 4.03. The second kappa shape index (κ2) is 7.61. The Balaban J connectivity index is 1.53. The van der Waals surface area contributed by atoms with E-state index >= 15 is 0 Å². The smallest absolute Gasteiger partial charge is 0.273 e. The van der Waals surface area contributed by atoms with Gasteiger partial charge in [0, 0.05) is 11.9 Å². The van der Waals surface area contributed by atoms with Gasteiger partial charge in [-0.25, -0.2) is 0 Å². The van der Waals surface area contributed by atoms with Crippen LogP contribution in [-0.2, 0) is 11.2 Å². The maximum atomic E-state index is 12.4. The van der Waals surface area contributed by atoms with Gasteiger partial charge in [-0.3, -0.25) is 14.7 Å². The van der Waals surface area contributed by atoms with Crippen LogP contribution in [0.5, 0.6) is 0 Å². The molecule has 2 amide bonds. The summed E-state index contributed by atoms with van der Waals surface area (Å²) in [5.74, 6) is -0.590. The van der Waals surface area contributed by atoms with E-state index in [0.29, 0.717) is 12.2 Å². The molecule has 0 radical (unpaired) electrons. The fourth-order valence-electron chi connectivity index (χ4n) is 2.59. The van der Waals surface area contributed by atoms with E-state index in [1.54, 1.807) is 6.92 Å². The summed E-state index contributed by atoms with van der Waals surface area (Å²) >= 11 is 0. The summed E-state index contributed by atoms with van der Waals surface area (Å²) in [6, 6.07) is 16.6. The third-order valence-electron chi connectivity index (χ3n) is 3.98. The molecule has 1 aromatic heterocycles. The minimum Gasteiger partial charge on any atom is -0.354 e. The highest BCUT2D eigenvalue weighted by molar-refractivity contribution is 6.05. The molecule has 0 fully saturated rings. The lowest BCUT2D eigenvalue weighted by molar-refractivity contribution is -0.122. The number of nitrogens with zero attached hydrogens (tertiary/aromatic N) is 1. The van der Waals surface area contributed by atoms with Crippen LogP contribution in [0.3, 0.4) is 0 Å². The molecule has 1 atom stereocenters. The van der Waals surface area contributed by atoms with Crippen molar-refractivity contribution in [2.24, 2.45) is 0 Å². The van der Waals surface area contributed by atoms with E-state index in [4.69, 9.17) is 0 Å². The van der Waals surface area contributed by atoms with Crippen LogP contribution in [0.25, 0.3) is 10.9 Å². The van der Waals surface area contributed by atoms with Crippen LogP contribution in [0.2, 0.25) is 0 Å². The van der Waals surface area contributed by atoms with E-state index in [1.165, 1.54) is 0 Å². The van der Waals surface area contributed by atoms with Gasteiger partial charge in [0.25, 0.3) is 5.91 Å². The molecule has 0 saturated heterocycles. The van der Waals surface area contributed by atoms with E-state index in [2.05, 4.69) is 20.8 Å². The van der Waals surface area contributed by atoms with Crippen molar-refractivity contribution in [1.82, 2.24) is 20.8 Å². The molecule has 0 spiro atoms. The maximum absolute atomic E-state index is 12.4. The number of hydrogen-bond acceptors (Lipinski definition) is 3. The molecule has 0 saturated carbocycles. The monoisotopic (exact) mass is 336 g/mol. The van der Waals surface area contributed by atoms with Gasteiger partial charge in [-0.15, -0.1) is 0 Å². The van der Waals surface area contributed by atoms with Crippen molar-refractivity contribution in [2.75, 3.05) is 6.54 Å². The molecule has 2 aromatic carbocycles. The van der Waals surface area contributed by atoms with Gasteiger partial charge >= 0.3 is 0 Å². The summed E-state index contributed by atoms with van der Waals surface area (Å²) in [4.78, 5) is 24.5. The number of aromatic amines is 1. The number of carbonyl (C=O) groups is 2. The van der Waals surface area contributed by atoms with Crippen LogP contribution >= 0.6 is 0 Å². The van der Waals surface area contributed by atoms with Crippen LogP contribution in [0.4, 0.5) is 0 Å². The highest BCUT2D eigenvalue weighted by Gasteiger charge is 2.19. The van der Waals surface area contributed by atoms with Crippen LogP contribution in [0, 0.1) is 0 Å². The first-order valence-corrected chi connectivity index (χ1v) is 8.21. The first-order chi connectivity index (χ1) is 12.1. The molecule has 0 aliphatic carbocycles. The van der Waals surface area contributed by atoms with Gasteiger partial charge in [0.2, 0.25) is 5.91 Å². The fraction of sp³-hybridized carbons (Fsp3) is 0.211. The van der Waals surface area contributed by atoms with Crippen molar-refractivity contribution in [1.29, 1.82) is 0 Å². The Morgan fingerprint density at radius 3 is 2.60 bits per heavy atom. The summed E-state index contributed by atoms with van der Waals surface area (Å²) in [6.07, 6.45) is 0.747. The molecule has 0 aliphatic heterocycles. The molecule has 25 heavy (non-hydrogen) atoms. The van der Waals surface area contributed by atoms with E-state index < -0.39 is 6.04 Å². The Morgan fingerprint density at radius 2 is 1.80 bits per heavy atom.